The van der Waals surface area contributed by atoms with Gasteiger partial charge >= 0.3 is 6.03 Å². The number of anilines is 1. The summed E-state index contributed by atoms with van der Waals surface area (Å²) in [6.45, 7) is 1.39. The summed E-state index contributed by atoms with van der Waals surface area (Å²) in [7, 11) is 3.26. The number of hydrogen-bond donors (Lipinski definition) is 2. The highest BCUT2D eigenvalue weighted by Gasteiger charge is 2.25. The molecule has 0 aliphatic carbocycles. The van der Waals surface area contributed by atoms with Gasteiger partial charge in [0.15, 0.2) is 0 Å². The van der Waals surface area contributed by atoms with Gasteiger partial charge in [-0.2, -0.15) is 5.10 Å². The van der Waals surface area contributed by atoms with Crippen molar-refractivity contribution in [3.05, 3.63) is 60.3 Å². The first-order valence-corrected chi connectivity index (χ1v) is 10.1. The van der Waals surface area contributed by atoms with E-state index in [1.165, 1.54) is 0 Å². The number of aromatic nitrogens is 2. The highest BCUT2D eigenvalue weighted by atomic mass is 16.5. The second-order valence-corrected chi connectivity index (χ2v) is 7.33. The first-order chi connectivity index (χ1) is 14.7. The number of para-hydroxylation sites is 2. The zero-order valence-corrected chi connectivity index (χ0v) is 17.2. The van der Waals surface area contributed by atoms with Crippen LogP contribution in [0.4, 0.5) is 10.5 Å². The molecular weight excluding hydrogens is 380 g/mol. The maximum absolute atomic E-state index is 12.7. The fourth-order valence-corrected chi connectivity index (χ4v) is 3.81. The Bertz CT molecular complexity index is 1010. The Labute approximate surface area is 176 Å². The van der Waals surface area contributed by atoms with E-state index < -0.39 is 0 Å². The molecule has 1 saturated heterocycles. The second-order valence-electron chi connectivity index (χ2n) is 7.33. The van der Waals surface area contributed by atoms with E-state index in [9.17, 15) is 4.79 Å². The third-order valence-corrected chi connectivity index (χ3v) is 5.53. The van der Waals surface area contributed by atoms with E-state index in [4.69, 9.17) is 9.47 Å². The lowest BCUT2D eigenvalue weighted by atomic mass is 9.93. The summed E-state index contributed by atoms with van der Waals surface area (Å²) in [5.41, 5.74) is 3.71. The second kappa shape index (κ2) is 8.90. The minimum Gasteiger partial charge on any atom is -0.497 e. The number of carbonyl (C=O) groups is 1. The molecule has 4 rings (SSSR count). The lowest BCUT2D eigenvalue weighted by Gasteiger charge is -2.31. The summed E-state index contributed by atoms with van der Waals surface area (Å²) in [5.74, 6) is 1.82. The van der Waals surface area contributed by atoms with Crippen molar-refractivity contribution in [2.45, 2.75) is 18.8 Å². The normalized spacial score (nSPS) is 14.4. The van der Waals surface area contributed by atoms with Gasteiger partial charge in [-0.25, -0.2) is 4.79 Å². The summed E-state index contributed by atoms with van der Waals surface area (Å²) < 4.78 is 10.6. The average Bonchev–Trinajstić information content (AvgIpc) is 3.30. The average molecular weight is 406 g/mol. The number of aromatic amines is 1. The van der Waals surface area contributed by atoms with Crippen LogP contribution >= 0.6 is 0 Å². The molecule has 1 aromatic heterocycles. The summed E-state index contributed by atoms with van der Waals surface area (Å²) in [6, 6.07) is 17.3. The van der Waals surface area contributed by atoms with Crippen LogP contribution in [0.25, 0.3) is 11.3 Å². The quantitative estimate of drug-likeness (QED) is 0.654. The Hall–Kier alpha value is -3.48. The molecule has 1 aliphatic rings. The number of urea groups is 1. The maximum Gasteiger partial charge on any atom is 0.321 e. The van der Waals surface area contributed by atoms with E-state index in [0.717, 1.165) is 35.5 Å². The third kappa shape index (κ3) is 4.25. The topological polar surface area (TPSA) is 79.5 Å². The molecular formula is C23H26N4O3. The van der Waals surface area contributed by atoms with Crippen molar-refractivity contribution in [3.8, 4) is 22.8 Å². The number of hydrogen-bond acceptors (Lipinski definition) is 4. The van der Waals surface area contributed by atoms with E-state index in [2.05, 4.69) is 21.6 Å². The monoisotopic (exact) mass is 406 g/mol. The van der Waals surface area contributed by atoms with Gasteiger partial charge in [0.25, 0.3) is 0 Å². The molecule has 0 bridgehead atoms. The number of rotatable bonds is 5. The zero-order chi connectivity index (χ0) is 20.9. The minimum absolute atomic E-state index is 0.0976. The molecule has 7 nitrogen and oxygen atoms in total. The molecule has 2 amide bonds. The molecule has 0 unspecified atom stereocenters. The van der Waals surface area contributed by atoms with Crippen LogP contribution in [0.15, 0.2) is 54.6 Å². The maximum atomic E-state index is 12.7. The number of nitrogens with zero attached hydrogens (tertiary/aromatic N) is 2. The van der Waals surface area contributed by atoms with Crippen LogP contribution in [0.1, 0.15) is 24.5 Å². The highest BCUT2D eigenvalue weighted by molar-refractivity contribution is 5.91. The van der Waals surface area contributed by atoms with Gasteiger partial charge in [-0.05, 0) is 43.2 Å². The van der Waals surface area contributed by atoms with Crippen molar-refractivity contribution < 1.29 is 14.3 Å². The predicted molar refractivity (Wildman–Crippen MR) is 116 cm³/mol. The van der Waals surface area contributed by atoms with E-state index in [-0.39, 0.29) is 6.03 Å². The molecule has 156 valence electrons. The van der Waals surface area contributed by atoms with Crippen LogP contribution in [0.3, 0.4) is 0 Å². The van der Waals surface area contributed by atoms with Gasteiger partial charge in [-0.3, -0.25) is 5.10 Å². The van der Waals surface area contributed by atoms with Gasteiger partial charge in [0.05, 0.1) is 25.6 Å². The number of amides is 2. The van der Waals surface area contributed by atoms with Crippen LogP contribution in [-0.2, 0) is 0 Å². The number of nitrogens with one attached hydrogen (secondary N) is 2. The molecule has 0 saturated carbocycles. The van der Waals surface area contributed by atoms with Crippen LogP contribution < -0.4 is 14.8 Å². The molecule has 2 N–H and O–H groups in total. The molecule has 3 aromatic rings. The first kappa shape index (κ1) is 19.8. The SMILES string of the molecule is COc1cccc(-c2cc(C3CCN(C(=O)Nc4ccccc4OC)CC3)[nH]n2)c1. The standard InChI is InChI=1S/C23H26N4O3/c1-29-18-7-5-6-17(14-18)21-15-20(25-26-21)16-10-12-27(13-11-16)23(28)24-19-8-3-4-9-22(19)30-2/h3-9,14-16H,10-13H2,1-2H3,(H,24,28)(H,25,26). The number of likely N-dealkylation sites (tertiary alicyclic amines) is 1. The van der Waals surface area contributed by atoms with Gasteiger partial charge in [0.2, 0.25) is 0 Å². The predicted octanol–water partition coefficient (Wildman–Crippen LogP) is 4.51. The zero-order valence-electron chi connectivity index (χ0n) is 17.2. The number of ether oxygens (including phenoxy) is 2. The van der Waals surface area contributed by atoms with Gasteiger partial charge in [-0.1, -0.05) is 24.3 Å². The Morgan fingerprint density at radius 2 is 1.87 bits per heavy atom. The number of benzene rings is 2. The van der Waals surface area contributed by atoms with Gasteiger partial charge < -0.3 is 19.7 Å². The van der Waals surface area contributed by atoms with Crippen molar-refractivity contribution in [1.82, 2.24) is 15.1 Å². The van der Waals surface area contributed by atoms with Gasteiger partial charge in [0.1, 0.15) is 11.5 Å². The van der Waals surface area contributed by atoms with Crippen LogP contribution in [0, 0.1) is 0 Å². The molecule has 2 aromatic carbocycles. The number of piperidine rings is 1. The van der Waals surface area contributed by atoms with Gasteiger partial charge in [-0.15, -0.1) is 0 Å². The molecule has 0 radical (unpaired) electrons. The summed E-state index contributed by atoms with van der Waals surface area (Å²) in [6.07, 6.45) is 1.78. The molecule has 30 heavy (non-hydrogen) atoms. The van der Waals surface area contributed by atoms with Crippen molar-refractivity contribution >= 4 is 11.7 Å². The Morgan fingerprint density at radius 3 is 2.63 bits per heavy atom. The number of carbonyl (C=O) groups excluding carboxylic acids is 1. The smallest absolute Gasteiger partial charge is 0.321 e. The Balaban J connectivity index is 1.36. The fraction of sp³-hybridized carbons (Fsp3) is 0.304. The van der Waals surface area contributed by atoms with Crippen LogP contribution in [0.5, 0.6) is 11.5 Å². The summed E-state index contributed by atoms with van der Waals surface area (Å²) >= 11 is 0. The molecule has 0 spiro atoms. The summed E-state index contributed by atoms with van der Waals surface area (Å²) in [4.78, 5) is 14.5. The van der Waals surface area contributed by atoms with Crippen molar-refractivity contribution in [2.75, 3.05) is 32.6 Å². The van der Waals surface area contributed by atoms with Crippen molar-refractivity contribution in [3.63, 3.8) is 0 Å². The van der Waals surface area contributed by atoms with Crippen LogP contribution in [-0.4, -0.2) is 48.4 Å². The number of methoxy groups -OCH3 is 2. The summed E-state index contributed by atoms with van der Waals surface area (Å²) in [5, 5.41) is 10.6. The van der Waals surface area contributed by atoms with E-state index >= 15 is 0 Å². The Morgan fingerprint density at radius 1 is 1.07 bits per heavy atom. The van der Waals surface area contributed by atoms with Crippen molar-refractivity contribution in [1.29, 1.82) is 0 Å². The van der Waals surface area contributed by atoms with Crippen LogP contribution in [0.2, 0.25) is 0 Å². The Kier molecular flexibility index (Phi) is 5.88. The molecule has 1 aliphatic heterocycles. The lowest BCUT2D eigenvalue weighted by molar-refractivity contribution is 0.194. The van der Waals surface area contributed by atoms with E-state index in [1.54, 1.807) is 14.2 Å². The van der Waals surface area contributed by atoms with Gasteiger partial charge in [0, 0.05) is 30.3 Å². The van der Waals surface area contributed by atoms with Crippen molar-refractivity contribution in [2.24, 2.45) is 0 Å². The van der Waals surface area contributed by atoms with E-state index in [0.29, 0.717) is 30.4 Å². The first-order valence-electron chi connectivity index (χ1n) is 10.1. The molecule has 0 atom stereocenters. The largest absolute Gasteiger partial charge is 0.497 e. The lowest BCUT2D eigenvalue weighted by Crippen LogP contribution is -2.40. The molecule has 1 fully saturated rings. The third-order valence-electron chi connectivity index (χ3n) is 5.53. The highest BCUT2D eigenvalue weighted by Crippen LogP contribution is 2.31. The fourth-order valence-electron chi connectivity index (χ4n) is 3.81. The molecule has 7 heteroatoms. The molecule has 2 heterocycles. The van der Waals surface area contributed by atoms with E-state index in [1.807, 2.05) is 53.4 Å². The minimum atomic E-state index is -0.0976. The number of H-pyrrole nitrogens is 1.